The van der Waals surface area contributed by atoms with Crippen molar-refractivity contribution >= 4 is 11.3 Å². The van der Waals surface area contributed by atoms with Gasteiger partial charge in [0, 0.05) is 6.20 Å². The maximum Gasteiger partial charge on any atom is 0.304 e. The molecule has 0 aliphatic rings. The lowest BCUT2D eigenvalue weighted by Crippen LogP contribution is -1.88. The topological polar surface area (TPSA) is 32.9 Å². The first kappa shape index (κ1) is 6.41. The fourth-order valence-electron chi connectivity index (χ4n) is 0.404. The molecule has 2 nitrogen and oxygen atoms in total. The first-order valence-electron chi connectivity index (χ1n) is 2.16. The van der Waals surface area contributed by atoms with Gasteiger partial charge in [0.15, 0.2) is 0 Å². The Morgan fingerprint density at radius 3 is 2.56 bits per heavy atom. The molecule has 5 heteroatoms. The Morgan fingerprint density at radius 2 is 2.33 bits per heavy atom. The fraction of sp³-hybridized carbons (Fsp3) is 0.250. The lowest BCUT2D eigenvalue weighted by atomic mass is 10.6. The number of hydrogen-bond acceptors (Lipinski definition) is 2. The number of H-pyrrole nitrogens is 1. The van der Waals surface area contributed by atoms with Crippen LogP contribution in [-0.2, 0) is 0 Å². The lowest BCUT2D eigenvalue weighted by Gasteiger charge is -1.85. The summed E-state index contributed by atoms with van der Waals surface area (Å²) >= 11 is 0.535. The highest BCUT2D eigenvalue weighted by Crippen LogP contribution is 2.18. The summed E-state index contributed by atoms with van der Waals surface area (Å²) in [4.78, 5) is 11.7. The van der Waals surface area contributed by atoms with E-state index in [-0.39, 0.29) is 4.88 Å². The lowest BCUT2D eigenvalue weighted by molar-refractivity contribution is 0.155. The minimum atomic E-state index is -2.53. The van der Waals surface area contributed by atoms with Crippen molar-refractivity contribution in [3.8, 4) is 0 Å². The van der Waals surface area contributed by atoms with Crippen LogP contribution in [0.1, 0.15) is 11.3 Å². The molecule has 1 rings (SSSR count). The summed E-state index contributed by atoms with van der Waals surface area (Å²) < 4.78 is 23.3. The number of hydrogen-bond donors (Lipinski definition) is 1. The van der Waals surface area contributed by atoms with E-state index in [1.165, 1.54) is 0 Å². The summed E-state index contributed by atoms with van der Waals surface area (Å²) in [6.07, 6.45) is -1.51. The highest BCUT2D eigenvalue weighted by Gasteiger charge is 2.08. The summed E-state index contributed by atoms with van der Waals surface area (Å²) in [6, 6.07) is 0. The molecule has 1 aromatic heterocycles. The summed E-state index contributed by atoms with van der Waals surface area (Å²) in [5.74, 6) is 0. The van der Waals surface area contributed by atoms with Gasteiger partial charge in [-0.2, -0.15) is 0 Å². The van der Waals surface area contributed by atoms with Gasteiger partial charge in [-0.15, -0.1) is 0 Å². The fourth-order valence-corrected chi connectivity index (χ4v) is 0.942. The van der Waals surface area contributed by atoms with Crippen molar-refractivity contribution in [3.63, 3.8) is 0 Å². The normalized spacial score (nSPS) is 10.6. The molecule has 0 amide bonds. The van der Waals surface area contributed by atoms with Gasteiger partial charge in [-0.1, -0.05) is 11.3 Å². The average Bonchev–Trinajstić information content (AvgIpc) is 2.14. The van der Waals surface area contributed by atoms with Crippen LogP contribution in [0.5, 0.6) is 0 Å². The van der Waals surface area contributed by atoms with Gasteiger partial charge in [-0.05, 0) is 0 Å². The van der Waals surface area contributed by atoms with Crippen LogP contribution in [-0.4, -0.2) is 4.98 Å². The van der Waals surface area contributed by atoms with E-state index < -0.39 is 11.3 Å². The van der Waals surface area contributed by atoms with Crippen molar-refractivity contribution in [2.24, 2.45) is 0 Å². The van der Waals surface area contributed by atoms with Crippen molar-refractivity contribution in [1.82, 2.24) is 4.98 Å². The van der Waals surface area contributed by atoms with Crippen LogP contribution in [0.4, 0.5) is 8.78 Å². The number of thiazole rings is 1. The third-order valence-corrected chi connectivity index (χ3v) is 1.59. The second kappa shape index (κ2) is 2.26. The standard InChI is InChI=1S/C4H3F2NOS/c5-3(6)2-1-7-4(8)9-2/h1,3H,(H,7,8). The number of aromatic amines is 1. The minimum Gasteiger partial charge on any atom is -0.319 e. The van der Waals surface area contributed by atoms with Gasteiger partial charge in [-0.25, -0.2) is 8.78 Å². The quantitative estimate of drug-likeness (QED) is 0.646. The van der Waals surface area contributed by atoms with Crippen LogP contribution < -0.4 is 4.87 Å². The molecular weight excluding hydrogens is 148 g/mol. The van der Waals surface area contributed by atoms with Crippen molar-refractivity contribution < 1.29 is 8.78 Å². The van der Waals surface area contributed by atoms with Gasteiger partial charge >= 0.3 is 4.87 Å². The Hall–Kier alpha value is -0.710. The maximum absolute atomic E-state index is 11.6. The molecule has 50 valence electrons. The molecule has 0 aromatic carbocycles. The van der Waals surface area contributed by atoms with Crippen LogP contribution in [0.15, 0.2) is 11.0 Å². The highest BCUT2D eigenvalue weighted by molar-refractivity contribution is 7.09. The van der Waals surface area contributed by atoms with Gasteiger partial charge in [-0.3, -0.25) is 4.79 Å². The number of halogens is 2. The van der Waals surface area contributed by atoms with Crippen molar-refractivity contribution in [1.29, 1.82) is 0 Å². The molecule has 0 saturated carbocycles. The van der Waals surface area contributed by atoms with E-state index in [0.29, 0.717) is 11.3 Å². The Morgan fingerprint density at radius 1 is 1.67 bits per heavy atom. The molecule has 1 aromatic rings. The molecule has 0 atom stereocenters. The molecule has 0 unspecified atom stereocenters. The van der Waals surface area contributed by atoms with Crippen LogP contribution in [0.25, 0.3) is 0 Å². The first-order valence-corrected chi connectivity index (χ1v) is 2.98. The monoisotopic (exact) mass is 151 g/mol. The second-order valence-electron chi connectivity index (χ2n) is 1.38. The molecule has 1 heterocycles. The molecule has 0 fully saturated rings. The number of nitrogens with one attached hydrogen (secondary N) is 1. The molecule has 0 aliphatic heterocycles. The molecule has 0 spiro atoms. The minimum absolute atomic E-state index is 0.208. The molecular formula is C4H3F2NOS. The van der Waals surface area contributed by atoms with Crippen molar-refractivity contribution in [3.05, 3.63) is 20.7 Å². The van der Waals surface area contributed by atoms with Crippen LogP contribution >= 0.6 is 11.3 Å². The molecule has 0 saturated heterocycles. The van der Waals surface area contributed by atoms with Gasteiger partial charge < -0.3 is 4.98 Å². The van der Waals surface area contributed by atoms with Crippen molar-refractivity contribution in [2.45, 2.75) is 6.43 Å². The van der Waals surface area contributed by atoms with E-state index in [2.05, 4.69) is 4.98 Å². The predicted octanol–water partition coefficient (Wildman–Crippen LogP) is 1.37. The molecule has 9 heavy (non-hydrogen) atoms. The number of rotatable bonds is 1. The third-order valence-electron chi connectivity index (χ3n) is 0.758. The van der Waals surface area contributed by atoms with E-state index >= 15 is 0 Å². The summed E-state index contributed by atoms with van der Waals surface area (Å²) in [7, 11) is 0. The van der Waals surface area contributed by atoms with Gasteiger partial charge in [0.2, 0.25) is 0 Å². The summed E-state index contributed by atoms with van der Waals surface area (Å²) in [5.41, 5.74) is 0. The summed E-state index contributed by atoms with van der Waals surface area (Å²) in [6.45, 7) is 0. The number of alkyl halides is 2. The van der Waals surface area contributed by atoms with E-state index in [1.807, 2.05) is 0 Å². The zero-order chi connectivity index (χ0) is 6.85. The van der Waals surface area contributed by atoms with E-state index in [9.17, 15) is 13.6 Å². The Bertz CT molecular complexity index is 241. The van der Waals surface area contributed by atoms with Crippen molar-refractivity contribution in [2.75, 3.05) is 0 Å². The van der Waals surface area contributed by atoms with Gasteiger partial charge in [0.25, 0.3) is 6.43 Å². The predicted molar refractivity (Wildman–Crippen MR) is 29.9 cm³/mol. The number of aromatic nitrogens is 1. The Balaban J connectivity index is 2.98. The van der Waals surface area contributed by atoms with Gasteiger partial charge in [0.1, 0.15) is 0 Å². The van der Waals surface area contributed by atoms with E-state index in [1.54, 1.807) is 0 Å². The zero-order valence-corrected chi connectivity index (χ0v) is 5.04. The van der Waals surface area contributed by atoms with Gasteiger partial charge in [0.05, 0.1) is 4.88 Å². The van der Waals surface area contributed by atoms with E-state index in [4.69, 9.17) is 0 Å². The molecule has 0 bridgehead atoms. The van der Waals surface area contributed by atoms with Crippen LogP contribution in [0, 0.1) is 0 Å². The zero-order valence-electron chi connectivity index (χ0n) is 4.23. The summed E-state index contributed by atoms with van der Waals surface area (Å²) in [5, 5.41) is 0. The maximum atomic E-state index is 11.6. The average molecular weight is 151 g/mol. The third kappa shape index (κ3) is 1.35. The first-order chi connectivity index (χ1) is 4.20. The SMILES string of the molecule is O=c1[nH]cc(C(F)F)s1. The van der Waals surface area contributed by atoms with Crippen LogP contribution in [0.2, 0.25) is 0 Å². The largest absolute Gasteiger partial charge is 0.319 e. The second-order valence-corrected chi connectivity index (χ2v) is 2.43. The molecule has 0 aliphatic carbocycles. The Kier molecular flexibility index (Phi) is 1.61. The van der Waals surface area contributed by atoms with E-state index in [0.717, 1.165) is 6.20 Å². The highest BCUT2D eigenvalue weighted by atomic mass is 32.1. The molecule has 0 radical (unpaired) electrons. The molecule has 1 N–H and O–H groups in total. The van der Waals surface area contributed by atoms with Crippen LogP contribution in [0.3, 0.4) is 0 Å². The Labute approximate surface area is 53.1 Å². The smallest absolute Gasteiger partial charge is 0.304 e.